The van der Waals surface area contributed by atoms with Crippen molar-refractivity contribution in [3.63, 3.8) is 0 Å². The number of nitrogens with zero attached hydrogens (tertiary/aromatic N) is 2. The number of aromatic nitrogens is 2. The van der Waals surface area contributed by atoms with E-state index >= 15 is 0 Å². The highest BCUT2D eigenvalue weighted by molar-refractivity contribution is 7.99. The average molecular weight is 301 g/mol. The summed E-state index contributed by atoms with van der Waals surface area (Å²) in [7, 11) is 0. The van der Waals surface area contributed by atoms with Gasteiger partial charge < -0.3 is 5.32 Å². The first-order valence-electron chi connectivity index (χ1n) is 7.65. The molecule has 21 heavy (non-hydrogen) atoms. The minimum absolute atomic E-state index is 0.355. The monoisotopic (exact) mass is 301 g/mol. The van der Waals surface area contributed by atoms with Crippen LogP contribution >= 0.6 is 11.8 Å². The van der Waals surface area contributed by atoms with Gasteiger partial charge in [0.15, 0.2) is 0 Å². The molecular formula is C17H23N3S. The summed E-state index contributed by atoms with van der Waals surface area (Å²) in [6.45, 7) is 2.23. The Hall–Kier alpha value is -1.26. The van der Waals surface area contributed by atoms with Crippen molar-refractivity contribution < 1.29 is 0 Å². The number of hydrogen-bond acceptors (Lipinski definition) is 3. The lowest BCUT2D eigenvalue weighted by Crippen LogP contribution is -2.29. The Labute approximate surface area is 131 Å². The van der Waals surface area contributed by atoms with E-state index in [4.69, 9.17) is 0 Å². The zero-order valence-corrected chi connectivity index (χ0v) is 13.5. The van der Waals surface area contributed by atoms with E-state index in [0.717, 1.165) is 10.9 Å². The van der Waals surface area contributed by atoms with Crippen LogP contribution in [0.2, 0.25) is 0 Å². The first-order valence-corrected chi connectivity index (χ1v) is 8.94. The van der Waals surface area contributed by atoms with Crippen LogP contribution in [-0.2, 0) is 0 Å². The number of para-hydroxylation sites is 1. The zero-order chi connectivity index (χ0) is 14.7. The fourth-order valence-corrected chi connectivity index (χ4v) is 3.83. The SMILES string of the molecule is CSC1CCC(NC(C)c2cnn(-c3ccccc3)c2)C1. The summed E-state index contributed by atoms with van der Waals surface area (Å²) in [5.41, 5.74) is 2.37. The maximum Gasteiger partial charge on any atom is 0.0645 e. The lowest BCUT2D eigenvalue weighted by molar-refractivity contribution is 0.462. The Morgan fingerprint density at radius 3 is 2.81 bits per heavy atom. The largest absolute Gasteiger partial charge is 0.307 e. The van der Waals surface area contributed by atoms with Crippen LogP contribution in [0.4, 0.5) is 0 Å². The molecule has 0 spiro atoms. The van der Waals surface area contributed by atoms with Crippen molar-refractivity contribution in [3.8, 4) is 5.69 Å². The molecule has 1 aromatic heterocycles. The minimum atomic E-state index is 0.355. The maximum atomic E-state index is 4.49. The van der Waals surface area contributed by atoms with Crippen LogP contribution in [0.15, 0.2) is 42.7 Å². The lowest BCUT2D eigenvalue weighted by Gasteiger charge is -2.18. The Balaban J connectivity index is 1.63. The Morgan fingerprint density at radius 2 is 2.10 bits per heavy atom. The summed E-state index contributed by atoms with van der Waals surface area (Å²) >= 11 is 2.00. The van der Waals surface area contributed by atoms with E-state index in [1.165, 1.54) is 24.8 Å². The van der Waals surface area contributed by atoms with Gasteiger partial charge >= 0.3 is 0 Å². The second-order valence-electron chi connectivity index (χ2n) is 5.81. The van der Waals surface area contributed by atoms with Gasteiger partial charge in [-0.2, -0.15) is 16.9 Å². The first-order chi connectivity index (χ1) is 10.3. The van der Waals surface area contributed by atoms with Gasteiger partial charge in [-0.05, 0) is 44.6 Å². The Morgan fingerprint density at radius 1 is 1.29 bits per heavy atom. The van der Waals surface area contributed by atoms with Gasteiger partial charge in [0.25, 0.3) is 0 Å². The maximum absolute atomic E-state index is 4.49. The van der Waals surface area contributed by atoms with Crippen LogP contribution in [0.5, 0.6) is 0 Å². The molecular weight excluding hydrogens is 278 g/mol. The highest BCUT2D eigenvalue weighted by atomic mass is 32.2. The quantitative estimate of drug-likeness (QED) is 0.911. The molecule has 1 heterocycles. The molecule has 1 N–H and O–H groups in total. The fraction of sp³-hybridized carbons (Fsp3) is 0.471. The number of benzene rings is 1. The normalized spacial score (nSPS) is 23.3. The molecule has 4 heteroatoms. The predicted octanol–water partition coefficient (Wildman–Crippen LogP) is 3.81. The topological polar surface area (TPSA) is 29.9 Å². The summed E-state index contributed by atoms with van der Waals surface area (Å²) < 4.78 is 1.95. The summed E-state index contributed by atoms with van der Waals surface area (Å²) in [5.74, 6) is 0. The van der Waals surface area contributed by atoms with E-state index in [1.807, 2.05) is 40.8 Å². The van der Waals surface area contributed by atoms with Crippen LogP contribution in [0.3, 0.4) is 0 Å². The molecule has 1 aliphatic carbocycles. The van der Waals surface area contributed by atoms with Crippen molar-refractivity contribution in [1.29, 1.82) is 0 Å². The predicted molar refractivity (Wildman–Crippen MR) is 90.1 cm³/mol. The van der Waals surface area contributed by atoms with Gasteiger partial charge in [-0.1, -0.05) is 18.2 Å². The lowest BCUT2D eigenvalue weighted by atomic mass is 10.1. The summed E-state index contributed by atoms with van der Waals surface area (Å²) in [6, 6.07) is 11.3. The molecule has 3 nitrogen and oxygen atoms in total. The standard InChI is InChI=1S/C17H23N3S/c1-13(19-15-8-9-17(10-15)21-2)14-11-18-20(12-14)16-6-4-3-5-7-16/h3-7,11-13,15,17,19H,8-10H2,1-2H3. The van der Waals surface area contributed by atoms with Crippen molar-refractivity contribution in [1.82, 2.24) is 15.1 Å². The van der Waals surface area contributed by atoms with E-state index in [1.54, 1.807) is 0 Å². The molecule has 1 aliphatic rings. The number of hydrogen-bond donors (Lipinski definition) is 1. The van der Waals surface area contributed by atoms with E-state index in [2.05, 4.69) is 41.9 Å². The summed E-state index contributed by atoms with van der Waals surface area (Å²) in [4.78, 5) is 0. The highest BCUT2D eigenvalue weighted by Crippen LogP contribution is 2.29. The van der Waals surface area contributed by atoms with Gasteiger partial charge in [-0.3, -0.25) is 0 Å². The van der Waals surface area contributed by atoms with E-state index < -0.39 is 0 Å². The molecule has 0 amide bonds. The van der Waals surface area contributed by atoms with E-state index in [0.29, 0.717) is 12.1 Å². The van der Waals surface area contributed by atoms with E-state index in [9.17, 15) is 0 Å². The first kappa shape index (κ1) is 14.7. The van der Waals surface area contributed by atoms with Crippen molar-refractivity contribution in [3.05, 3.63) is 48.3 Å². The average Bonchev–Trinajstić information content (AvgIpc) is 3.17. The molecule has 0 aliphatic heterocycles. The van der Waals surface area contributed by atoms with Crippen molar-refractivity contribution >= 4 is 11.8 Å². The molecule has 0 saturated heterocycles. The molecule has 3 rings (SSSR count). The zero-order valence-electron chi connectivity index (χ0n) is 12.7. The van der Waals surface area contributed by atoms with E-state index in [-0.39, 0.29) is 0 Å². The molecule has 0 bridgehead atoms. The highest BCUT2D eigenvalue weighted by Gasteiger charge is 2.25. The third-order valence-corrected chi connectivity index (χ3v) is 5.42. The second-order valence-corrected chi connectivity index (χ2v) is 6.95. The molecule has 3 unspecified atom stereocenters. The molecule has 0 radical (unpaired) electrons. The number of nitrogens with one attached hydrogen (secondary N) is 1. The Bertz CT molecular complexity index is 566. The molecule has 1 fully saturated rings. The van der Waals surface area contributed by atoms with Crippen LogP contribution < -0.4 is 5.32 Å². The summed E-state index contributed by atoms with van der Waals surface area (Å²) in [5, 5.41) is 9.08. The molecule has 112 valence electrons. The fourth-order valence-electron chi connectivity index (χ4n) is 3.04. The number of thioether (sulfide) groups is 1. The molecule has 1 aromatic carbocycles. The van der Waals surface area contributed by atoms with Crippen molar-refractivity contribution in [2.45, 2.75) is 43.5 Å². The number of rotatable bonds is 5. The van der Waals surface area contributed by atoms with Crippen LogP contribution in [0.25, 0.3) is 5.69 Å². The van der Waals surface area contributed by atoms with Gasteiger partial charge in [0.2, 0.25) is 0 Å². The van der Waals surface area contributed by atoms with Gasteiger partial charge in [-0.15, -0.1) is 0 Å². The minimum Gasteiger partial charge on any atom is -0.307 e. The van der Waals surface area contributed by atoms with Crippen LogP contribution in [0.1, 0.15) is 37.8 Å². The van der Waals surface area contributed by atoms with Gasteiger partial charge in [0.1, 0.15) is 0 Å². The molecule has 1 saturated carbocycles. The van der Waals surface area contributed by atoms with Crippen LogP contribution in [-0.4, -0.2) is 27.3 Å². The van der Waals surface area contributed by atoms with Gasteiger partial charge in [0, 0.05) is 29.1 Å². The Kier molecular flexibility index (Phi) is 4.66. The third kappa shape index (κ3) is 3.50. The second kappa shape index (κ2) is 6.67. The smallest absolute Gasteiger partial charge is 0.0645 e. The van der Waals surface area contributed by atoms with Crippen LogP contribution in [0, 0.1) is 0 Å². The summed E-state index contributed by atoms with van der Waals surface area (Å²) in [6.07, 6.45) is 10.3. The van der Waals surface area contributed by atoms with Gasteiger partial charge in [-0.25, -0.2) is 4.68 Å². The van der Waals surface area contributed by atoms with Crippen molar-refractivity contribution in [2.24, 2.45) is 0 Å². The third-order valence-electron chi connectivity index (χ3n) is 4.33. The van der Waals surface area contributed by atoms with Crippen molar-refractivity contribution in [2.75, 3.05) is 6.26 Å². The molecule has 3 atom stereocenters. The van der Waals surface area contributed by atoms with Gasteiger partial charge in [0.05, 0.1) is 11.9 Å². The molecule has 2 aromatic rings.